The molecule has 1 heterocycles. The van der Waals surface area contributed by atoms with Crippen LogP contribution in [-0.4, -0.2) is 67.6 Å². The number of piperidine rings is 1. The summed E-state index contributed by atoms with van der Waals surface area (Å²) in [5.41, 5.74) is 2.24. The molecule has 6 heteroatoms. The highest BCUT2D eigenvalue weighted by Gasteiger charge is 2.18. The van der Waals surface area contributed by atoms with Crippen molar-refractivity contribution in [3.05, 3.63) is 29.8 Å². The summed E-state index contributed by atoms with van der Waals surface area (Å²) in [7, 11) is 2.09. The lowest BCUT2D eigenvalue weighted by Crippen LogP contribution is -2.45. The lowest BCUT2D eigenvalue weighted by Gasteiger charge is -2.32. The first-order valence-electron chi connectivity index (χ1n) is 13.9. The molecule has 1 aliphatic heterocycles. The Morgan fingerprint density at radius 3 is 2.23 bits per heavy atom. The number of amides is 1. The van der Waals surface area contributed by atoms with Crippen molar-refractivity contribution in [3.63, 3.8) is 0 Å². The van der Waals surface area contributed by atoms with E-state index in [4.69, 9.17) is 0 Å². The number of anilines is 1. The normalized spacial score (nSPS) is 13.5. The summed E-state index contributed by atoms with van der Waals surface area (Å²) in [6.45, 7) is 19.7. The molecule has 1 amide bonds. The van der Waals surface area contributed by atoms with Gasteiger partial charge in [-0.2, -0.15) is 0 Å². The Hall–Kier alpha value is -0.860. The second-order valence-corrected chi connectivity index (χ2v) is 8.64. The number of benzene rings is 1. The van der Waals surface area contributed by atoms with E-state index in [0.29, 0.717) is 18.5 Å². The molecule has 35 heavy (non-hydrogen) atoms. The molecule has 206 valence electrons. The molecule has 2 rings (SSSR count). The van der Waals surface area contributed by atoms with E-state index in [2.05, 4.69) is 83.0 Å². The Labute approximate surface area is 232 Å². The van der Waals surface area contributed by atoms with Gasteiger partial charge in [-0.15, -0.1) is 0 Å². The van der Waals surface area contributed by atoms with E-state index in [0.717, 1.165) is 44.0 Å². The lowest BCUT2D eigenvalue weighted by molar-refractivity contribution is -0.120. The van der Waals surface area contributed by atoms with Crippen molar-refractivity contribution in [2.24, 2.45) is 0 Å². The average Bonchev–Trinajstić information content (AvgIpc) is 2.91. The summed E-state index contributed by atoms with van der Waals surface area (Å²) in [6.07, 6.45) is 6.77. The fraction of sp³-hybridized carbons (Fsp3) is 0.759. The van der Waals surface area contributed by atoms with Crippen LogP contribution in [-0.2, 0) is 11.2 Å². The molecule has 1 aromatic rings. The average molecular weight is 605 g/mol. The monoisotopic (exact) mass is 604 g/mol. The summed E-state index contributed by atoms with van der Waals surface area (Å²) < 4.78 is 0. The van der Waals surface area contributed by atoms with E-state index in [9.17, 15) is 4.79 Å². The number of halogens is 1. The van der Waals surface area contributed by atoms with Crippen LogP contribution in [0.1, 0.15) is 86.1 Å². The predicted molar refractivity (Wildman–Crippen MR) is 166 cm³/mol. The lowest BCUT2D eigenvalue weighted by atomic mass is 10.0. The van der Waals surface area contributed by atoms with Gasteiger partial charge in [-0.3, -0.25) is 4.79 Å². The Morgan fingerprint density at radius 2 is 1.66 bits per heavy atom. The van der Waals surface area contributed by atoms with Gasteiger partial charge in [0, 0.05) is 37.9 Å². The Balaban J connectivity index is 0. The third-order valence-corrected chi connectivity index (χ3v) is 6.05. The highest BCUT2D eigenvalue weighted by molar-refractivity contribution is 14.1. The fourth-order valence-electron chi connectivity index (χ4n) is 3.91. The topological polar surface area (TPSA) is 47.6 Å². The summed E-state index contributed by atoms with van der Waals surface area (Å²) in [4.78, 5) is 19.1. The largest absolute Gasteiger partial charge is 0.372 e. The minimum absolute atomic E-state index is 0.113. The van der Waals surface area contributed by atoms with E-state index in [-0.39, 0.29) is 5.91 Å². The van der Waals surface area contributed by atoms with Gasteiger partial charge < -0.3 is 20.4 Å². The van der Waals surface area contributed by atoms with Gasteiger partial charge in [-0.05, 0) is 69.3 Å². The van der Waals surface area contributed by atoms with Crippen molar-refractivity contribution in [2.75, 3.05) is 49.6 Å². The minimum Gasteiger partial charge on any atom is -0.372 e. The molecule has 0 radical (unpaired) electrons. The van der Waals surface area contributed by atoms with Crippen LogP contribution in [0.4, 0.5) is 5.69 Å². The molecule has 0 aliphatic carbocycles. The van der Waals surface area contributed by atoms with E-state index in [1.807, 2.05) is 44.8 Å². The van der Waals surface area contributed by atoms with Crippen LogP contribution in [0.2, 0.25) is 0 Å². The molecule has 0 atom stereocenters. The summed E-state index contributed by atoms with van der Waals surface area (Å²) >= 11 is 2.15. The molecule has 5 nitrogen and oxygen atoms in total. The molecule has 0 unspecified atom stereocenters. The zero-order valence-electron chi connectivity index (χ0n) is 24.4. The first-order valence-corrected chi connectivity index (χ1v) is 16.1. The maximum atomic E-state index is 12.5. The van der Waals surface area contributed by atoms with E-state index >= 15 is 0 Å². The first-order chi connectivity index (χ1) is 17.0. The summed E-state index contributed by atoms with van der Waals surface area (Å²) in [5.74, 6) is 0.113. The van der Waals surface area contributed by atoms with Crippen LogP contribution in [0.15, 0.2) is 24.3 Å². The van der Waals surface area contributed by atoms with E-state index in [1.165, 1.54) is 32.1 Å². The number of rotatable bonds is 12. The highest BCUT2D eigenvalue weighted by atomic mass is 127. The fourth-order valence-corrected chi connectivity index (χ4v) is 3.91. The van der Waals surface area contributed by atoms with Crippen LogP contribution in [0, 0.1) is 0 Å². The quantitative estimate of drug-likeness (QED) is 0.162. The van der Waals surface area contributed by atoms with Crippen molar-refractivity contribution < 1.29 is 4.79 Å². The van der Waals surface area contributed by atoms with E-state index in [1.54, 1.807) is 0 Å². The van der Waals surface area contributed by atoms with Crippen molar-refractivity contribution in [1.82, 2.24) is 15.5 Å². The highest BCUT2D eigenvalue weighted by Crippen LogP contribution is 2.21. The zero-order valence-corrected chi connectivity index (χ0v) is 26.6. The maximum absolute atomic E-state index is 12.5. The third kappa shape index (κ3) is 16.5. The Kier molecular flexibility index (Phi) is 25.7. The van der Waals surface area contributed by atoms with Crippen LogP contribution in [0.5, 0.6) is 0 Å². The Morgan fingerprint density at radius 1 is 1.06 bits per heavy atom. The second kappa shape index (κ2) is 24.8. The molecule has 0 bridgehead atoms. The first kappa shape index (κ1) is 36.3. The smallest absolute Gasteiger partial charge is 0.224 e. The molecule has 1 saturated heterocycles. The van der Waals surface area contributed by atoms with Crippen LogP contribution in [0.25, 0.3) is 0 Å². The number of alkyl halides is 1. The molecule has 1 fully saturated rings. The number of likely N-dealkylation sites (tertiary alicyclic amines) is 1. The summed E-state index contributed by atoms with van der Waals surface area (Å²) in [6, 6.07) is 9.30. The zero-order chi connectivity index (χ0) is 27.1. The van der Waals surface area contributed by atoms with Crippen molar-refractivity contribution in [2.45, 2.75) is 99.1 Å². The van der Waals surface area contributed by atoms with Crippen LogP contribution in [0.3, 0.4) is 0 Å². The number of unbranched alkanes of at least 4 members (excludes halogenated alkanes) is 2. The summed E-state index contributed by atoms with van der Waals surface area (Å²) in [5, 5.41) is 6.82. The number of carbonyl (C=O) groups is 1. The SMILES string of the molecule is CC.CC.CCCCCNC1CCN(CCNC(=O)Cc2ccccc2N(C)C(C)C)CC1.CI. The second-order valence-electron chi connectivity index (χ2n) is 8.64. The number of nitrogens with zero attached hydrogens (tertiary/aromatic N) is 2. The predicted octanol–water partition coefficient (Wildman–Crippen LogP) is 6.54. The van der Waals surface area contributed by atoms with Gasteiger partial charge in [0.1, 0.15) is 0 Å². The molecule has 0 spiro atoms. The van der Waals surface area contributed by atoms with Crippen molar-refractivity contribution in [1.29, 1.82) is 0 Å². The molecular weight excluding hydrogens is 547 g/mol. The number of nitrogens with one attached hydrogen (secondary N) is 2. The van der Waals surface area contributed by atoms with Gasteiger partial charge in [0.15, 0.2) is 0 Å². The van der Waals surface area contributed by atoms with Crippen LogP contribution >= 0.6 is 22.6 Å². The number of para-hydroxylation sites is 1. The Bertz CT molecular complexity index is 604. The molecule has 2 N–H and O–H groups in total. The van der Waals surface area contributed by atoms with E-state index < -0.39 is 0 Å². The van der Waals surface area contributed by atoms with Crippen molar-refractivity contribution >= 4 is 34.2 Å². The van der Waals surface area contributed by atoms with Gasteiger partial charge >= 0.3 is 0 Å². The van der Waals surface area contributed by atoms with Gasteiger partial charge in [0.05, 0.1) is 6.42 Å². The number of hydrogen-bond acceptors (Lipinski definition) is 4. The maximum Gasteiger partial charge on any atom is 0.224 e. The van der Waals surface area contributed by atoms with Gasteiger partial charge in [-0.1, -0.05) is 88.3 Å². The standard InChI is InChI=1S/C24H42N4O.2C2H6.CH3I/c1-5-6-9-14-25-22-12-16-28(17-13-22)18-15-26-24(29)19-21-10-7-8-11-23(21)27(4)20(2)3;3*1-2/h7-8,10-11,20,22,25H,5-6,9,12-19H2,1-4H3,(H,26,29);2*1-2H3;1H3. The van der Waals surface area contributed by atoms with Crippen LogP contribution < -0.4 is 15.5 Å². The van der Waals surface area contributed by atoms with Crippen molar-refractivity contribution in [3.8, 4) is 0 Å². The molecule has 1 aromatic carbocycles. The number of carbonyl (C=O) groups excluding carboxylic acids is 1. The molecule has 0 aromatic heterocycles. The number of hydrogen-bond donors (Lipinski definition) is 2. The van der Waals surface area contributed by atoms with Gasteiger partial charge in [0.2, 0.25) is 5.91 Å². The van der Waals surface area contributed by atoms with Gasteiger partial charge in [-0.25, -0.2) is 0 Å². The third-order valence-electron chi connectivity index (χ3n) is 6.05. The molecule has 1 aliphatic rings. The molecule has 0 saturated carbocycles. The molecular formula is C29H57IN4O. The van der Waals surface area contributed by atoms with Gasteiger partial charge in [0.25, 0.3) is 0 Å². The minimum atomic E-state index is 0.113.